The Bertz CT molecular complexity index is 130. The average Bonchev–Trinajstić information content (AvgIpc) is 1.97. The standard InChI is InChI=1S/C9H18N2/c1-4-11-7-5-6-9(10)8(2)3/h4,9,11H,1-2,5-7,10H2,3H3. The van der Waals surface area contributed by atoms with E-state index in [4.69, 9.17) is 5.73 Å². The van der Waals surface area contributed by atoms with Crippen LogP contribution in [0.15, 0.2) is 24.9 Å². The first kappa shape index (κ1) is 10.2. The monoisotopic (exact) mass is 154 g/mol. The molecule has 3 N–H and O–H groups in total. The maximum atomic E-state index is 5.75. The third-order valence-corrected chi connectivity index (χ3v) is 1.61. The molecule has 0 saturated carbocycles. The predicted molar refractivity (Wildman–Crippen MR) is 50.2 cm³/mol. The van der Waals surface area contributed by atoms with E-state index >= 15 is 0 Å². The van der Waals surface area contributed by atoms with Gasteiger partial charge in [0, 0.05) is 12.6 Å². The van der Waals surface area contributed by atoms with Crippen molar-refractivity contribution in [1.82, 2.24) is 5.32 Å². The molecule has 0 aromatic carbocycles. The molecule has 0 radical (unpaired) electrons. The SMILES string of the molecule is C=CNCCCC(N)C(=C)C. The zero-order chi connectivity index (χ0) is 8.69. The van der Waals surface area contributed by atoms with Crippen molar-refractivity contribution in [2.45, 2.75) is 25.8 Å². The van der Waals surface area contributed by atoms with Crippen molar-refractivity contribution >= 4 is 0 Å². The van der Waals surface area contributed by atoms with Crippen LogP contribution in [-0.4, -0.2) is 12.6 Å². The lowest BCUT2D eigenvalue weighted by molar-refractivity contribution is 0.626. The molecule has 0 aliphatic heterocycles. The van der Waals surface area contributed by atoms with E-state index in [1.165, 1.54) is 0 Å². The largest absolute Gasteiger partial charge is 0.391 e. The summed E-state index contributed by atoms with van der Waals surface area (Å²) in [7, 11) is 0. The lowest BCUT2D eigenvalue weighted by Gasteiger charge is -2.10. The predicted octanol–water partition coefficient (Wildman–Crippen LogP) is 1.40. The van der Waals surface area contributed by atoms with Crippen LogP contribution in [0.3, 0.4) is 0 Å². The Labute approximate surface area is 69.2 Å². The Kier molecular flexibility index (Phi) is 5.57. The van der Waals surface area contributed by atoms with Gasteiger partial charge in [-0.25, -0.2) is 0 Å². The molecule has 0 aromatic heterocycles. The molecule has 1 atom stereocenters. The third kappa shape index (κ3) is 5.67. The van der Waals surface area contributed by atoms with E-state index < -0.39 is 0 Å². The molecule has 64 valence electrons. The molecular weight excluding hydrogens is 136 g/mol. The van der Waals surface area contributed by atoms with Gasteiger partial charge in [-0.15, -0.1) is 0 Å². The number of hydrogen-bond acceptors (Lipinski definition) is 2. The van der Waals surface area contributed by atoms with Crippen LogP contribution in [0.4, 0.5) is 0 Å². The molecule has 0 heterocycles. The van der Waals surface area contributed by atoms with Crippen LogP contribution >= 0.6 is 0 Å². The Morgan fingerprint density at radius 1 is 1.73 bits per heavy atom. The molecule has 0 spiro atoms. The first-order valence-electron chi connectivity index (χ1n) is 3.93. The Morgan fingerprint density at radius 3 is 2.82 bits per heavy atom. The van der Waals surface area contributed by atoms with Crippen LogP contribution in [0.1, 0.15) is 19.8 Å². The summed E-state index contributed by atoms with van der Waals surface area (Å²) in [6.45, 7) is 10.3. The lowest BCUT2D eigenvalue weighted by Crippen LogP contribution is -2.22. The van der Waals surface area contributed by atoms with Gasteiger partial charge in [0.1, 0.15) is 0 Å². The summed E-state index contributed by atoms with van der Waals surface area (Å²) in [4.78, 5) is 0. The fourth-order valence-electron chi connectivity index (χ4n) is 0.772. The van der Waals surface area contributed by atoms with E-state index in [1.807, 2.05) is 6.92 Å². The highest BCUT2D eigenvalue weighted by atomic mass is 14.8. The molecule has 0 aliphatic carbocycles. The third-order valence-electron chi connectivity index (χ3n) is 1.61. The highest BCUT2D eigenvalue weighted by molar-refractivity contribution is 4.99. The highest BCUT2D eigenvalue weighted by Gasteiger charge is 2.00. The van der Waals surface area contributed by atoms with Gasteiger partial charge in [0.2, 0.25) is 0 Å². The summed E-state index contributed by atoms with van der Waals surface area (Å²) in [5, 5.41) is 3.02. The van der Waals surface area contributed by atoms with Gasteiger partial charge in [0.05, 0.1) is 0 Å². The highest BCUT2D eigenvalue weighted by Crippen LogP contribution is 2.01. The molecule has 0 aliphatic rings. The number of nitrogens with one attached hydrogen (secondary N) is 1. The van der Waals surface area contributed by atoms with Crippen LogP contribution in [0.5, 0.6) is 0 Å². The fourth-order valence-corrected chi connectivity index (χ4v) is 0.772. The van der Waals surface area contributed by atoms with Gasteiger partial charge in [-0.05, 0) is 26.0 Å². The molecule has 0 amide bonds. The number of rotatable bonds is 6. The average molecular weight is 154 g/mol. The summed E-state index contributed by atoms with van der Waals surface area (Å²) in [6, 6.07) is 0.154. The summed E-state index contributed by atoms with van der Waals surface area (Å²) < 4.78 is 0. The van der Waals surface area contributed by atoms with Crippen LogP contribution in [0, 0.1) is 0 Å². The molecule has 0 rings (SSSR count). The molecular formula is C9H18N2. The summed E-state index contributed by atoms with van der Waals surface area (Å²) >= 11 is 0. The lowest BCUT2D eigenvalue weighted by atomic mass is 10.1. The van der Waals surface area contributed by atoms with Crippen LogP contribution in [-0.2, 0) is 0 Å². The minimum atomic E-state index is 0.154. The summed E-state index contributed by atoms with van der Waals surface area (Å²) in [5.41, 5.74) is 6.80. The second kappa shape index (κ2) is 5.98. The van der Waals surface area contributed by atoms with E-state index in [9.17, 15) is 0 Å². The van der Waals surface area contributed by atoms with Crippen molar-refractivity contribution in [3.8, 4) is 0 Å². The van der Waals surface area contributed by atoms with Gasteiger partial charge in [-0.2, -0.15) is 0 Å². The fraction of sp³-hybridized carbons (Fsp3) is 0.556. The van der Waals surface area contributed by atoms with Crippen molar-refractivity contribution in [2.24, 2.45) is 5.73 Å². The van der Waals surface area contributed by atoms with E-state index in [-0.39, 0.29) is 6.04 Å². The number of nitrogens with two attached hydrogens (primary N) is 1. The minimum absolute atomic E-state index is 0.154. The smallest absolute Gasteiger partial charge is 0.0248 e. The van der Waals surface area contributed by atoms with Crippen molar-refractivity contribution in [3.05, 3.63) is 24.9 Å². The Hall–Kier alpha value is -0.760. The molecule has 0 fully saturated rings. The van der Waals surface area contributed by atoms with Gasteiger partial charge in [-0.1, -0.05) is 18.7 Å². The number of hydrogen-bond donors (Lipinski definition) is 2. The first-order valence-corrected chi connectivity index (χ1v) is 3.93. The Balaban J connectivity index is 3.24. The van der Waals surface area contributed by atoms with Crippen molar-refractivity contribution < 1.29 is 0 Å². The molecule has 2 nitrogen and oxygen atoms in total. The molecule has 0 bridgehead atoms. The van der Waals surface area contributed by atoms with Gasteiger partial charge in [0.15, 0.2) is 0 Å². The van der Waals surface area contributed by atoms with Crippen LogP contribution in [0.2, 0.25) is 0 Å². The second-order valence-electron chi connectivity index (χ2n) is 2.75. The van der Waals surface area contributed by atoms with Gasteiger partial charge < -0.3 is 11.1 Å². The molecule has 1 unspecified atom stereocenters. The first-order chi connectivity index (χ1) is 5.18. The summed E-state index contributed by atoms with van der Waals surface area (Å²) in [6.07, 6.45) is 3.77. The maximum absolute atomic E-state index is 5.75. The van der Waals surface area contributed by atoms with Crippen molar-refractivity contribution in [2.75, 3.05) is 6.54 Å². The van der Waals surface area contributed by atoms with E-state index in [0.29, 0.717) is 0 Å². The summed E-state index contributed by atoms with van der Waals surface area (Å²) in [5.74, 6) is 0. The van der Waals surface area contributed by atoms with Gasteiger partial charge in [-0.3, -0.25) is 0 Å². The zero-order valence-electron chi connectivity index (χ0n) is 7.27. The van der Waals surface area contributed by atoms with Crippen molar-refractivity contribution in [3.63, 3.8) is 0 Å². The molecule has 2 heteroatoms. The molecule has 0 aromatic rings. The normalized spacial score (nSPS) is 12.2. The van der Waals surface area contributed by atoms with E-state index in [1.54, 1.807) is 6.20 Å². The topological polar surface area (TPSA) is 38.0 Å². The quantitative estimate of drug-likeness (QED) is 0.448. The van der Waals surface area contributed by atoms with Gasteiger partial charge >= 0.3 is 0 Å². The Morgan fingerprint density at radius 2 is 2.36 bits per heavy atom. The van der Waals surface area contributed by atoms with E-state index in [2.05, 4.69) is 18.5 Å². The second-order valence-corrected chi connectivity index (χ2v) is 2.75. The van der Waals surface area contributed by atoms with Crippen LogP contribution < -0.4 is 11.1 Å². The van der Waals surface area contributed by atoms with E-state index in [0.717, 1.165) is 25.0 Å². The molecule has 0 saturated heterocycles. The molecule has 11 heavy (non-hydrogen) atoms. The zero-order valence-corrected chi connectivity index (χ0v) is 7.27. The minimum Gasteiger partial charge on any atom is -0.391 e. The van der Waals surface area contributed by atoms with Crippen molar-refractivity contribution in [1.29, 1.82) is 0 Å². The van der Waals surface area contributed by atoms with Gasteiger partial charge in [0.25, 0.3) is 0 Å². The maximum Gasteiger partial charge on any atom is 0.0248 e. The van der Waals surface area contributed by atoms with Crippen LogP contribution in [0.25, 0.3) is 0 Å².